The SMILES string of the molecule is N#CCCCOc1cccc(Nc2cccc(C#N)n2)c1. The number of anilines is 2. The van der Waals surface area contributed by atoms with E-state index in [1.165, 1.54) is 0 Å². The molecule has 5 heteroatoms. The highest BCUT2D eigenvalue weighted by molar-refractivity contribution is 5.58. The molecule has 1 N–H and O–H groups in total. The second-order valence-corrected chi connectivity index (χ2v) is 4.28. The third kappa shape index (κ3) is 4.52. The highest BCUT2D eigenvalue weighted by Gasteiger charge is 2.00. The summed E-state index contributed by atoms with van der Waals surface area (Å²) in [7, 11) is 0. The zero-order chi connectivity index (χ0) is 14.9. The molecule has 0 spiro atoms. The van der Waals surface area contributed by atoms with E-state index in [2.05, 4.69) is 16.4 Å². The topological polar surface area (TPSA) is 81.7 Å². The molecule has 0 aliphatic rings. The van der Waals surface area contributed by atoms with Crippen LogP contribution in [0.5, 0.6) is 5.75 Å². The Morgan fingerprint density at radius 1 is 1.14 bits per heavy atom. The molecule has 1 aromatic heterocycles. The smallest absolute Gasteiger partial charge is 0.142 e. The van der Waals surface area contributed by atoms with E-state index in [-0.39, 0.29) is 0 Å². The molecule has 2 rings (SSSR count). The molecule has 0 atom stereocenters. The van der Waals surface area contributed by atoms with Crippen molar-refractivity contribution in [2.24, 2.45) is 0 Å². The minimum absolute atomic E-state index is 0.365. The van der Waals surface area contributed by atoms with E-state index in [0.29, 0.717) is 31.0 Å². The van der Waals surface area contributed by atoms with Crippen molar-refractivity contribution in [3.63, 3.8) is 0 Å². The molecule has 21 heavy (non-hydrogen) atoms. The van der Waals surface area contributed by atoms with Crippen LogP contribution in [-0.4, -0.2) is 11.6 Å². The highest BCUT2D eigenvalue weighted by Crippen LogP contribution is 2.20. The van der Waals surface area contributed by atoms with E-state index in [0.717, 1.165) is 11.4 Å². The summed E-state index contributed by atoms with van der Waals surface area (Å²) in [5.41, 5.74) is 1.19. The predicted molar refractivity (Wildman–Crippen MR) is 79.0 cm³/mol. The van der Waals surface area contributed by atoms with Crippen molar-refractivity contribution in [3.05, 3.63) is 48.2 Å². The second kappa shape index (κ2) is 7.52. The van der Waals surface area contributed by atoms with Gasteiger partial charge < -0.3 is 10.1 Å². The molecular weight excluding hydrogens is 264 g/mol. The van der Waals surface area contributed by atoms with E-state index in [1.54, 1.807) is 18.2 Å². The number of nitriles is 2. The first-order chi connectivity index (χ1) is 10.3. The summed E-state index contributed by atoms with van der Waals surface area (Å²) in [6.07, 6.45) is 1.20. The number of nitrogens with zero attached hydrogens (tertiary/aromatic N) is 3. The Hall–Kier alpha value is -3.05. The third-order valence-corrected chi connectivity index (χ3v) is 2.67. The first-order valence-corrected chi connectivity index (χ1v) is 6.56. The largest absolute Gasteiger partial charge is 0.493 e. The molecule has 5 nitrogen and oxygen atoms in total. The van der Waals surface area contributed by atoms with Gasteiger partial charge in [0.05, 0.1) is 12.7 Å². The Morgan fingerprint density at radius 3 is 2.81 bits per heavy atom. The van der Waals surface area contributed by atoms with Gasteiger partial charge in [-0.1, -0.05) is 12.1 Å². The fraction of sp³-hybridized carbons (Fsp3) is 0.188. The van der Waals surface area contributed by atoms with Crippen LogP contribution in [0.25, 0.3) is 0 Å². The van der Waals surface area contributed by atoms with Gasteiger partial charge in [-0.25, -0.2) is 4.98 Å². The number of unbranched alkanes of at least 4 members (excludes halogenated alkanes) is 1. The van der Waals surface area contributed by atoms with Crippen molar-refractivity contribution in [2.75, 3.05) is 11.9 Å². The normalized spacial score (nSPS) is 9.43. The fourth-order valence-corrected chi connectivity index (χ4v) is 1.72. The number of pyridine rings is 1. The molecule has 0 aliphatic carbocycles. The average molecular weight is 278 g/mol. The summed E-state index contributed by atoms with van der Waals surface area (Å²) in [4.78, 5) is 4.15. The van der Waals surface area contributed by atoms with Gasteiger partial charge in [-0.3, -0.25) is 0 Å². The minimum Gasteiger partial charge on any atom is -0.493 e. The number of benzene rings is 1. The molecule has 104 valence electrons. The number of nitrogens with one attached hydrogen (secondary N) is 1. The zero-order valence-electron chi connectivity index (χ0n) is 11.4. The van der Waals surface area contributed by atoms with Crippen molar-refractivity contribution >= 4 is 11.5 Å². The van der Waals surface area contributed by atoms with Crippen molar-refractivity contribution in [1.29, 1.82) is 10.5 Å². The number of hydrogen-bond donors (Lipinski definition) is 1. The molecule has 0 radical (unpaired) electrons. The standard InChI is InChI=1S/C16H14N4O/c17-9-1-2-10-21-15-7-3-5-13(11-15)19-16-8-4-6-14(12-18)20-16/h3-8,11H,1-2,10H2,(H,19,20). The Morgan fingerprint density at radius 2 is 2.00 bits per heavy atom. The lowest BCUT2D eigenvalue weighted by Crippen LogP contribution is -1.98. The molecule has 0 unspecified atom stereocenters. The zero-order valence-corrected chi connectivity index (χ0v) is 11.4. The lowest BCUT2D eigenvalue weighted by molar-refractivity contribution is 0.313. The van der Waals surface area contributed by atoms with E-state index < -0.39 is 0 Å². The van der Waals surface area contributed by atoms with Crippen LogP contribution >= 0.6 is 0 Å². The lowest BCUT2D eigenvalue weighted by Gasteiger charge is -2.09. The van der Waals surface area contributed by atoms with Gasteiger partial charge >= 0.3 is 0 Å². The number of ether oxygens (including phenoxy) is 1. The molecule has 2 aromatic rings. The van der Waals surface area contributed by atoms with Crippen LogP contribution in [0.3, 0.4) is 0 Å². The van der Waals surface area contributed by atoms with Gasteiger partial charge in [-0.05, 0) is 30.7 Å². The van der Waals surface area contributed by atoms with Gasteiger partial charge in [0.1, 0.15) is 23.3 Å². The minimum atomic E-state index is 0.365. The van der Waals surface area contributed by atoms with Crippen LogP contribution in [0.15, 0.2) is 42.5 Å². The third-order valence-electron chi connectivity index (χ3n) is 2.67. The maximum atomic E-state index is 8.83. The first kappa shape index (κ1) is 14.4. The highest BCUT2D eigenvalue weighted by atomic mass is 16.5. The van der Waals surface area contributed by atoms with Crippen molar-refractivity contribution < 1.29 is 4.74 Å². The van der Waals surface area contributed by atoms with Gasteiger partial charge in [0.2, 0.25) is 0 Å². The number of aromatic nitrogens is 1. The molecule has 0 saturated heterocycles. The molecule has 0 saturated carbocycles. The van der Waals surface area contributed by atoms with E-state index in [1.807, 2.05) is 30.3 Å². The van der Waals surface area contributed by atoms with Gasteiger partial charge in [-0.2, -0.15) is 10.5 Å². The lowest BCUT2D eigenvalue weighted by atomic mass is 10.3. The summed E-state index contributed by atoms with van der Waals surface area (Å²) in [5.74, 6) is 1.34. The summed E-state index contributed by atoms with van der Waals surface area (Å²) in [6, 6.07) is 16.8. The Kier molecular flexibility index (Phi) is 5.14. The molecule has 0 fully saturated rings. The van der Waals surface area contributed by atoms with Gasteiger partial charge in [-0.15, -0.1) is 0 Å². The Balaban J connectivity index is 2.00. The molecule has 0 amide bonds. The summed E-state index contributed by atoms with van der Waals surface area (Å²) >= 11 is 0. The van der Waals surface area contributed by atoms with Crippen LogP contribution in [-0.2, 0) is 0 Å². The Bertz CT molecular complexity index is 685. The average Bonchev–Trinajstić information content (AvgIpc) is 2.52. The molecule has 0 bridgehead atoms. The first-order valence-electron chi connectivity index (χ1n) is 6.56. The molecular formula is C16H14N4O. The van der Waals surface area contributed by atoms with Gasteiger partial charge in [0.25, 0.3) is 0 Å². The summed E-state index contributed by atoms with van der Waals surface area (Å²) in [5, 5.41) is 20.4. The maximum absolute atomic E-state index is 8.83. The quantitative estimate of drug-likeness (QED) is 0.819. The van der Waals surface area contributed by atoms with Crippen LogP contribution in [0.1, 0.15) is 18.5 Å². The van der Waals surface area contributed by atoms with Crippen molar-refractivity contribution in [1.82, 2.24) is 4.98 Å². The maximum Gasteiger partial charge on any atom is 0.142 e. The summed E-state index contributed by atoms with van der Waals surface area (Å²) < 4.78 is 5.57. The fourth-order valence-electron chi connectivity index (χ4n) is 1.72. The van der Waals surface area contributed by atoms with Gasteiger partial charge in [0, 0.05) is 18.2 Å². The number of hydrogen-bond acceptors (Lipinski definition) is 5. The monoisotopic (exact) mass is 278 g/mol. The van der Waals surface area contributed by atoms with Crippen molar-refractivity contribution in [3.8, 4) is 17.9 Å². The predicted octanol–water partition coefficient (Wildman–Crippen LogP) is 3.38. The van der Waals surface area contributed by atoms with Crippen LogP contribution in [0.2, 0.25) is 0 Å². The van der Waals surface area contributed by atoms with Crippen LogP contribution in [0, 0.1) is 22.7 Å². The molecule has 1 heterocycles. The van der Waals surface area contributed by atoms with E-state index >= 15 is 0 Å². The van der Waals surface area contributed by atoms with E-state index in [4.69, 9.17) is 15.3 Å². The van der Waals surface area contributed by atoms with E-state index in [9.17, 15) is 0 Å². The number of rotatable bonds is 6. The van der Waals surface area contributed by atoms with Crippen LogP contribution < -0.4 is 10.1 Å². The molecule has 0 aliphatic heterocycles. The van der Waals surface area contributed by atoms with Gasteiger partial charge in [0.15, 0.2) is 0 Å². The van der Waals surface area contributed by atoms with Crippen molar-refractivity contribution in [2.45, 2.75) is 12.8 Å². The Labute approximate surface area is 123 Å². The second-order valence-electron chi connectivity index (χ2n) is 4.28. The molecule has 1 aromatic carbocycles. The van der Waals surface area contributed by atoms with Crippen LogP contribution in [0.4, 0.5) is 11.5 Å². The summed E-state index contributed by atoms with van der Waals surface area (Å²) in [6.45, 7) is 0.513.